The molecule has 1 heterocycles. The minimum Gasteiger partial charge on any atom is -0.506 e. The maximum absolute atomic E-state index is 12.3. The lowest BCUT2D eigenvalue weighted by atomic mass is 10.1. The highest BCUT2D eigenvalue weighted by Gasteiger charge is 2.38. The molecule has 0 aliphatic carbocycles. The Morgan fingerprint density at radius 1 is 0.909 bits per heavy atom. The van der Waals surface area contributed by atoms with Gasteiger partial charge < -0.3 is 5.11 Å². The van der Waals surface area contributed by atoms with E-state index in [0.29, 0.717) is 4.90 Å². The van der Waals surface area contributed by atoms with E-state index < -0.39 is 32.6 Å². The predicted octanol–water partition coefficient (Wildman–Crippen LogP) is 1.44. The topological polar surface area (TPSA) is 112 Å². The average molecular weight is 319 g/mol. The van der Waals surface area contributed by atoms with Crippen molar-refractivity contribution < 1.29 is 27.7 Å². The fourth-order valence-corrected chi connectivity index (χ4v) is 2.75. The Labute approximate surface area is 125 Å². The molecule has 3 rings (SSSR count). The molecule has 0 aromatic heterocycles. The number of rotatable bonds is 2. The summed E-state index contributed by atoms with van der Waals surface area (Å²) in [5.41, 5.74) is 0.00893. The molecule has 8 heteroatoms. The number of imide groups is 1. The van der Waals surface area contributed by atoms with E-state index in [0.717, 1.165) is 18.2 Å². The van der Waals surface area contributed by atoms with Gasteiger partial charge >= 0.3 is 0 Å². The maximum atomic E-state index is 12.3. The van der Waals surface area contributed by atoms with Crippen LogP contribution in [0.15, 0.2) is 47.4 Å². The Morgan fingerprint density at radius 2 is 1.45 bits per heavy atom. The van der Waals surface area contributed by atoms with Crippen molar-refractivity contribution in [2.24, 2.45) is 0 Å². The predicted molar refractivity (Wildman–Crippen MR) is 75.5 cm³/mol. The summed E-state index contributed by atoms with van der Waals surface area (Å²) < 4.78 is 31.4. The lowest BCUT2D eigenvalue weighted by molar-refractivity contribution is 0.0925. The van der Waals surface area contributed by atoms with Crippen molar-refractivity contribution in [3.8, 4) is 5.75 Å². The van der Waals surface area contributed by atoms with Gasteiger partial charge in [-0.25, -0.2) is 4.90 Å². The Kier molecular flexibility index (Phi) is 3.01. The second kappa shape index (κ2) is 4.65. The van der Waals surface area contributed by atoms with Gasteiger partial charge in [0, 0.05) is 0 Å². The van der Waals surface area contributed by atoms with Crippen LogP contribution in [0.3, 0.4) is 0 Å². The molecule has 0 atom stereocenters. The molecule has 0 saturated carbocycles. The lowest BCUT2D eigenvalue weighted by Gasteiger charge is -2.16. The zero-order valence-electron chi connectivity index (χ0n) is 10.9. The highest BCUT2D eigenvalue weighted by molar-refractivity contribution is 7.85. The number of nitrogens with zero attached hydrogens (tertiary/aromatic N) is 1. The minimum atomic E-state index is -4.53. The van der Waals surface area contributed by atoms with E-state index in [4.69, 9.17) is 4.55 Å². The minimum absolute atomic E-state index is 0.157. The molecule has 2 N–H and O–H groups in total. The van der Waals surface area contributed by atoms with E-state index in [1.54, 1.807) is 12.1 Å². The molecule has 1 aliphatic rings. The third kappa shape index (κ3) is 2.05. The fourth-order valence-electron chi connectivity index (χ4n) is 2.25. The first-order valence-corrected chi connectivity index (χ1v) is 7.53. The molecule has 22 heavy (non-hydrogen) atoms. The van der Waals surface area contributed by atoms with Gasteiger partial charge in [-0.05, 0) is 30.3 Å². The quantitative estimate of drug-likeness (QED) is 0.640. The van der Waals surface area contributed by atoms with Gasteiger partial charge in [0.25, 0.3) is 21.9 Å². The van der Waals surface area contributed by atoms with Crippen molar-refractivity contribution in [1.82, 2.24) is 0 Å². The summed E-state index contributed by atoms with van der Waals surface area (Å²) in [5, 5.41) is 9.85. The Morgan fingerprint density at radius 3 is 1.95 bits per heavy atom. The van der Waals surface area contributed by atoms with E-state index in [1.807, 2.05) is 0 Å². The van der Waals surface area contributed by atoms with Crippen molar-refractivity contribution >= 4 is 27.6 Å². The van der Waals surface area contributed by atoms with Gasteiger partial charge in [-0.3, -0.25) is 14.1 Å². The number of hydrogen-bond donors (Lipinski definition) is 2. The average Bonchev–Trinajstić information content (AvgIpc) is 2.71. The van der Waals surface area contributed by atoms with Gasteiger partial charge in [-0.2, -0.15) is 8.42 Å². The molecule has 0 saturated heterocycles. The van der Waals surface area contributed by atoms with Crippen LogP contribution in [-0.2, 0) is 10.1 Å². The highest BCUT2D eigenvalue weighted by Crippen LogP contribution is 2.35. The number of phenols is 1. The highest BCUT2D eigenvalue weighted by atomic mass is 32.2. The molecule has 0 unspecified atom stereocenters. The van der Waals surface area contributed by atoms with E-state index in [1.165, 1.54) is 12.1 Å². The molecule has 1 aliphatic heterocycles. The number of carbonyl (C=O) groups excluding carboxylic acids is 2. The molecule has 2 amide bonds. The summed E-state index contributed by atoms with van der Waals surface area (Å²) in [7, 11) is -4.53. The largest absolute Gasteiger partial charge is 0.506 e. The third-order valence-electron chi connectivity index (χ3n) is 3.28. The number of fused-ring (bicyclic) bond motifs is 1. The summed E-state index contributed by atoms with van der Waals surface area (Å²) in [5.74, 6) is -1.81. The summed E-state index contributed by atoms with van der Waals surface area (Å²) in [6, 6.07) is 8.91. The number of phenolic OH excluding ortho intramolecular Hbond substituents is 1. The number of carbonyl (C=O) groups is 2. The van der Waals surface area contributed by atoms with Crippen LogP contribution in [0.4, 0.5) is 5.69 Å². The lowest BCUT2D eigenvalue weighted by Crippen LogP contribution is -2.29. The molecule has 0 radical (unpaired) electrons. The number of benzene rings is 2. The van der Waals surface area contributed by atoms with Gasteiger partial charge in [0.15, 0.2) is 0 Å². The van der Waals surface area contributed by atoms with E-state index in [-0.39, 0.29) is 16.8 Å². The third-order valence-corrected chi connectivity index (χ3v) is 4.13. The monoisotopic (exact) mass is 319 g/mol. The van der Waals surface area contributed by atoms with Crippen LogP contribution < -0.4 is 4.90 Å². The van der Waals surface area contributed by atoms with E-state index in [2.05, 4.69) is 0 Å². The van der Waals surface area contributed by atoms with Crippen LogP contribution in [0.2, 0.25) is 0 Å². The van der Waals surface area contributed by atoms with Crippen LogP contribution in [0.25, 0.3) is 0 Å². The van der Waals surface area contributed by atoms with Gasteiger partial charge in [0.1, 0.15) is 5.75 Å². The Bertz CT molecular complexity index is 884. The Balaban J connectivity index is 2.18. The molecule has 112 valence electrons. The standard InChI is InChI=1S/C14H9NO6S/c16-12-6-5-8(22(19,20)21)7-11(12)15-13(17)9-3-1-2-4-10(9)14(15)18/h1-7,16H,(H,19,20,21). The first kappa shape index (κ1) is 14.2. The summed E-state index contributed by atoms with van der Waals surface area (Å²) in [6.07, 6.45) is 0. The van der Waals surface area contributed by atoms with Crippen molar-refractivity contribution in [3.05, 3.63) is 53.6 Å². The molecule has 0 fully saturated rings. The fraction of sp³-hybridized carbons (Fsp3) is 0. The van der Waals surface area contributed by atoms with E-state index >= 15 is 0 Å². The van der Waals surface area contributed by atoms with Gasteiger partial charge in [-0.1, -0.05) is 12.1 Å². The molecule has 7 nitrogen and oxygen atoms in total. The van der Waals surface area contributed by atoms with Crippen LogP contribution >= 0.6 is 0 Å². The van der Waals surface area contributed by atoms with Gasteiger partial charge in [0.2, 0.25) is 0 Å². The van der Waals surface area contributed by atoms with Crippen LogP contribution in [-0.4, -0.2) is 29.9 Å². The van der Waals surface area contributed by atoms with Gasteiger partial charge in [-0.15, -0.1) is 0 Å². The molecule has 2 aromatic carbocycles. The molecule has 0 spiro atoms. The number of aromatic hydroxyl groups is 1. The zero-order chi connectivity index (χ0) is 16.1. The molecular formula is C14H9NO6S. The second-order valence-electron chi connectivity index (χ2n) is 4.62. The van der Waals surface area contributed by atoms with E-state index in [9.17, 15) is 23.1 Å². The van der Waals surface area contributed by atoms with Crippen LogP contribution in [0, 0.1) is 0 Å². The number of hydrogen-bond acceptors (Lipinski definition) is 5. The van der Waals surface area contributed by atoms with Crippen molar-refractivity contribution in [2.75, 3.05) is 4.90 Å². The summed E-state index contributed by atoms with van der Waals surface area (Å²) >= 11 is 0. The molecule has 0 bridgehead atoms. The molecular weight excluding hydrogens is 310 g/mol. The Hall–Kier alpha value is -2.71. The first-order chi connectivity index (χ1) is 10.3. The number of anilines is 1. The van der Waals surface area contributed by atoms with Crippen molar-refractivity contribution in [2.45, 2.75) is 4.90 Å². The van der Waals surface area contributed by atoms with Crippen molar-refractivity contribution in [3.63, 3.8) is 0 Å². The zero-order valence-corrected chi connectivity index (χ0v) is 11.7. The normalized spacial score (nSPS) is 14.3. The van der Waals surface area contributed by atoms with Crippen molar-refractivity contribution in [1.29, 1.82) is 0 Å². The molecule has 2 aromatic rings. The van der Waals surface area contributed by atoms with Gasteiger partial charge in [0.05, 0.1) is 21.7 Å². The maximum Gasteiger partial charge on any atom is 0.294 e. The second-order valence-corrected chi connectivity index (χ2v) is 6.04. The summed E-state index contributed by atoms with van der Waals surface area (Å²) in [6.45, 7) is 0. The van der Waals surface area contributed by atoms with Crippen LogP contribution in [0.1, 0.15) is 20.7 Å². The first-order valence-electron chi connectivity index (χ1n) is 6.09. The smallest absolute Gasteiger partial charge is 0.294 e. The van der Waals surface area contributed by atoms with Crippen LogP contribution in [0.5, 0.6) is 5.75 Å². The number of amides is 2. The summed E-state index contributed by atoms with van der Waals surface area (Å²) in [4.78, 5) is 24.8. The SMILES string of the molecule is O=C1c2ccccc2C(=O)N1c1cc(S(=O)(=O)O)ccc1O.